The zero-order valence-corrected chi connectivity index (χ0v) is 14.0. The maximum atomic E-state index is 13.2. The molecule has 0 spiro atoms. The largest absolute Gasteiger partial charge is 0.345 e. The maximum absolute atomic E-state index is 13.2. The summed E-state index contributed by atoms with van der Waals surface area (Å²) in [5.74, 6) is -0.838. The van der Waals surface area contributed by atoms with Crippen LogP contribution >= 0.6 is 22.9 Å². The zero-order valence-electron chi connectivity index (χ0n) is 11.7. The Kier molecular flexibility index (Phi) is 3.70. The minimum absolute atomic E-state index is 0.0646. The lowest BCUT2D eigenvalue weighted by molar-refractivity contribution is 0.0920. The number of rotatable bonds is 2. The van der Waals surface area contributed by atoms with E-state index in [-0.39, 0.29) is 21.4 Å². The predicted molar refractivity (Wildman–Crippen MR) is 85.9 cm³/mol. The van der Waals surface area contributed by atoms with Gasteiger partial charge in [-0.05, 0) is 31.5 Å². The third-order valence-corrected chi connectivity index (χ3v) is 7.28. The van der Waals surface area contributed by atoms with Gasteiger partial charge in [0.05, 0.1) is 22.1 Å². The van der Waals surface area contributed by atoms with Crippen LogP contribution in [0.1, 0.15) is 23.0 Å². The number of hydrogen-bond donors (Lipinski definition) is 1. The Bertz CT molecular complexity index is 878. The van der Waals surface area contributed by atoms with Crippen LogP contribution in [0, 0.1) is 5.82 Å². The molecule has 1 saturated heterocycles. The van der Waals surface area contributed by atoms with Crippen molar-refractivity contribution in [3.8, 4) is 0 Å². The first kappa shape index (κ1) is 15.7. The predicted octanol–water partition coefficient (Wildman–Crippen LogP) is 3.00. The Morgan fingerprint density at radius 3 is 2.82 bits per heavy atom. The van der Waals surface area contributed by atoms with Gasteiger partial charge >= 0.3 is 0 Å². The quantitative estimate of drug-likeness (QED) is 0.894. The summed E-state index contributed by atoms with van der Waals surface area (Å²) in [6.45, 7) is 1.70. The van der Waals surface area contributed by atoms with Gasteiger partial charge in [0.1, 0.15) is 10.7 Å². The second-order valence-corrected chi connectivity index (χ2v) is 9.36. The van der Waals surface area contributed by atoms with E-state index in [1.165, 1.54) is 18.2 Å². The molecule has 4 nitrogen and oxygen atoms in total. The van der Waals surface area contributed by atoms with Crippen LogP contribution in [0.25, 0.3) is 10.1 Å². The van der Waals surface area contributed by atoms with Crippen LogP contribution in [0.5, 0.6) is 0 Å². The average molecular weight is 362 g/mol. The number of thiophene rings is 1. The minimum atomic E-state index is -3.12. The normalized spacial score (nSPS) is 23.8. The van der Waals surface area contributed by atoms with E-state index >= 15 is 0 Å². The first-order valence-electron chi connectivity index (χ1n) is 6.60. The zero-order chi connectivity index (χ0) is 16.1. The van der Waals surface area contributed by atoms with Gasteiger partial charge in [0.25, 0.3) is 5.91 Å². The fourth-order valence-corrected chi connectivity index (χ4v) is 6.16. The van der Waals surface area contributed by atoms with Crippen LogP contribution in [-0.2, 0) is 9.84 Å². The Hall–Kier alpha value is -1.18. The van der Waals surface area contributed by atoms with E-state index in [9.17, 15) is 17.6 Å². The highest BCUT2D eigenvalue weighted by molar-refractivity contribution is 7.91. The molecule has 22 heavy (non-hydrogen) atoms. The van der Waals surface area contributed by atoms with Crippen molar-refractivity contribution in [2.45, 2.75) is 18.9 Å². The van der Waals surface area contributed by atoms with Gasteiger partial charge in [0, 0.05) is 10.1 Å². The molecule has 0 radical (unpaired) electrons. The van der Waals surface area contributed by atoms with Crippen LogP contribution < -0.4 is 5.32 Å². The SMILES string of the molecule is CC1(NC(=O)c2sc3cc(F)ccc3c2Cl)CCS(=O)(=O)C1. The highest BCUT2D eigenvalue weighted by Gasteiger charge is 2.40. The summed E-state index contributed by atoms with van der Waals surface area (Å²) in [6, 6.07) is 4.14. The molecule has 118 valence electrons. The molecule has 1 N–H and O–H groups in total. The fourth-order valence-electron chi connectivity index (χ4n) is 2.62. The molecule has 1 atom stereocenters. The summed E-state index contributed by atoms with van der Waals surface area (Å²) in [4.78, 5) is 12.7. The first-order chi connectivity index (χ1) is 10.2. The molecule has 0 saturated carbocycles. The van der Waals surface area contributed by atoms with E-state index in [0.717, 1.165) is 11.3 Å². The van der Waals surface area contributed by atoms with Crippen LogP contribution in [0.2, 0.25) is 5.02 Å². The smallest absolute Gasteiger partial charge is 0.263 e. The van der Waals surface area contributed by atoms with Crippen molar-refractivity contribution in [1.82, 2.24) is 5.32 Å². The number of hydrogen-bond acceptors (Lipinski definition) is 4. The van der Waals surface area contributed by atoms with Gasteiger partial charge in [-0.3, -0.25) is 4.79 Å². The molecule has 1 aromatic heterocycles. The molecule has 8 heteroatoms. The van der Waals surface area contributed by atoms with Crippen molar-refractivity contribution in [3.63, 3.8) is 0 Å². The number of sulfone groups is 1. The van der Waals surface area contributed by atoms with Crippen molar-refractivity contribution in [1.29, 1.82) is 0 Å². The highest BCUT2D eigenvalue weighted by atomic mass is 35.5. The lowest BCUT2D eigenvalue weighted by atomic mass is 10.0. The minimum Gasteiger partial charge on any atom is -0.345 e. The van der Waals surface area contributed by atoms with Gasteiger partial charge < -0.3 is 5.32 Å². The molecular weight excluding hydrogens is 349 g/mol. The highest BCUT2D eigenvalue weighted by Crippen LogP contribution is 2.36. The number of nitrogens with one attached hydrogen (secondary N) is 1. The Morgan fingerprint density at radius 1 is 1.45 bits per heavy atom. The topological polar surface area (TPSA) is 63.2 Å². The number of benzene rings is 1. The van der Waals surface area contributed by atoms with Gasteiger partial charge in [-0.1, -0.05) is 11.6 Å². The number of amides is 1. The van der Waals surface area contributed by atoms with Gasteiger partial charge in [-0.2, -0.15) is 0 Å². The molecule has 1 unspecified atom stereocenters. The molecule has 1 amide bonds. The summed E-state index contributed by atoms with van der Waals surface area (Å²) in [7, 11) is -3.12. The Labute approximate surface area is 136 Å². The average Bonchev–Trinajstić information content (AvgIpc) is 2.86. The van der Waals surface area contributed by atoms with Crippen molar-refractivity contribution in [2.24, 2.45) is 0 Å². The van der Waals surface area contributed by atoms with Gasteiger partial charge in [-0.25, -0.2) is 12.8 Å². The lowest BCUT2D eigenvalue weighted by Gasteiger charge is -2.23. The standard InChI is InChI=1S/C14H13ClFNO3S2/c1-14(4-5-22(19,20)7-14)17-13(18)12-11(15)9-3-2-8(16)6-10(9)21-12/h2-3,6H,4-5,7H2,1H3,(H,17,18). The summed E-state index contributed by atoms with van der Waals surface area (Å²) < 4.78 is 37.0. The Balaban J connectivity index is 1.91. The van der Waals surface area contributed by atoms with E-state index in [1.807, 2.05) is 0 Å². The molecule has 3 rings (SSSR count). The first-order valence-corrected chi connectivity index (χ1v) is 9.61. The van der Waals surface area contributed by atoms with E-state index in [2.05, 4.69) is 5.32 Å². The monoisotopic (exact) mass is 361 g/mol. The number of carbonyl (C=O) groups is 1. The van der Waals surface area contributed by atoms with Crippen molar-refractivity contribution in [2.75, 3.05) is 11.5 Å². The maximum Gasteiger partial charge on any atom is 0.263 e. The summed E-state index contributed by atoms with van der Waals surface area (Å²) >= 11 is 7.29. The summed E-state index contributed by atoms with van der Waals surface area (Å²) in [5.41, 5.74) is -0.791. The third kappa shape index (κ3) is 2.85. The molecule has 1 aliphatic heterocycles. The van der Waals surface area contributed by atoms with Gasteiger partial charge in [-0.15, -0.1) is 11.3 Å². The number of carbonyl (C=O) groups excluding carboxylic acids is 1. The van der Waals surface area contributed by atoms with Crippen LogP contribution in [0.15, 0.2) is 18.2 Å². The van der Waals surface area contributed by atoms with Crippen LogP contribution in [0.4, 0.5) is 4.39 Å². The molecule has 0 bridgehead atoms. The second-order valence-electron chi connectivity index (χ2n) is 5.74. The molecule has 2 heterocycles. The van der Waals surface area contributed by atoms with Crippen LogP contribution in [0.3, 0.4) is 0 Å². The number of fused-ring (bicyclic) bond motifs is 1. The van der Waals surface area contributed by atoms with Gasteiger partial charge in [0.15, 0.2) is 9.84 Å². The molecule has 1 aliphatic rings. The number of halogens is 2. The molecule has 2 aromatic rings. The van der Waals surface area contributed by atoms with Crippen molar-refractivity contribution in [3.05, 3.63) is 33.9 Å². The second kappa shape index (κ2) is 5.18. The molecule has 0 aliphatic carbocycles. The van der Waals surface area contributed by atoms with E-state index in [4.69, 9.17) is 11.6 Å². The lowest BCUT2D eigenvalue weighted by Crippen LogP contribution is -2.46. The van der Waals surface area contributed by atoms with E-state index in [1.54, 1.807) is 6.92 Å². The summed E-state index contributed by atoms with van der Waals surface area (Å²) in [6.07, 6.45) is 0.373. The molecule has 1 aromatic carbocycles. The fraction of sp³-hybridized carbons (Fsp3) is 0.357. The third-order valence-electron chi connectivity index (χ3n) is 3.72. The van der Waals surface area contributed by atoms with E-state index in [0.29, 0.717) is 16.5 Å². The molecule has 1 fully saturated rings. The van der Waals surface area contributed by atoms with Gasteiger partial charge in [0.2, 0.25) is 0 Å². The summed E-state index contributed by atoms with van der Waals surface area (Å²) in [5, 5.41) is 3.64. The Morgan fingerprint density at radius 2 is 2.18 bits per heavy atom. The van der Waals surface area contributed by atoms with Crippen molar-refractivity contribution >= 4 is 48.8 Å². The van der Waals surface area contributed by atoms with Crippen LogP contribution in [-0.4, -0.2) is 31.4 Å². The van der Waals surface area contributed by atoms with E-state index < -0.39 is 27.1 Å². The molecular formula is C14H13ClFNO3S2. The van der Waals surface area contributed by atoms with Crippen molar-refractivity contribution < 1.29 is 17.6 Å².